The third kappa shape index (κ3) is 11.4. The third-order valence-corrected chi connectivity index (χ3v) is 1.32. The first-order valence-corrected chi connectivity index (χ1v) is 3.75. The molecule has 1 N–H and O–H groups in total. The van der Waals surface area contributed by atoms with Gasteiger partial charge in [-0.3, -0.25) is 10.1 Å². The molecule has 0 rings (SSSR count). The summed E-state index contributed by atoms with van der Waals surface area (Å²) in [5.74, 6) is -1.50. The van der Waals surface area contributed by atoms with E-state index in [0.29, 0.717) is 19.0 Å². The predicted molar refractivity (Wildman–Crippen MR) is 41.2 cm³/mol. The summed E-state index contributed by atoms with van der Waals surface area (Å²) in [5.41, 5.74) is 0. The number of aliphatic carboxylic acids is 1. The molecule has 0 aromatic heterocycles. The van der Waals surface area contributed by atoms with Crippen LogP contribution in [0.4, 0.5) is 0 Å². The molecule has 0 aliphatic heterocycles. The van der Waals surface area contributed by atoms with Crippen molar-refractivity contribution in [1.29, 1.82) is 0 Å². The van der Waals surface area contributed by atoms with Crippen molar-refractivity contribution in [3.05, 3.63) is 22.1 Å². The Morgan fingerprint density at radius 1 is 1.36 bits per heavy atom. The van der Waals surface area contributed by atoms with Gasteiger partial charge in [-0.1, -0.05) is 0 Å². The van der Waals surface area contributed by atoms with E-state index in [1.54, 1.807) is 0 Å². The second kappa shape index (κ2) is 8.98. The Morgan fingerprint density at radius 3 is 2.29 bits per heavy atom. The Bertz CT molecular complexity index is 228. The van der Waals surface area contributed by atoms with Crippen molar-refractivity contribution in [1.82, 2.24) is 0 Å². The first-order valence-electron chi connectivity index (χ1n) is 3.75. The van der Waals surface area contributed by atoms with Crippen molar-refractivity contribution in [3.8, 4) is 0 Å². The van der Waals surface area contributed by atoms with Crippen LogP contribution in [0.2, 0.25) is 0 Å². The van der Waals surface area contributed by atoms with Gasteiger partial charge in [0, 0.05) is 12.4 Å². The monoisotopic (exact) mass is 211 g/mol. The average molecular weight is 211 g/mol. The number of nitrogens with zero attached hydrogens (tertiary/aromatic N) is 1. The molecule has 0 saturated heterocycles. The molecule has 0 unspecified atom stereocenters. The zero-order valence-electron chi connectivity index (χ0n) is 7.93. The first kappa shape index (κ1) is 15.9. The van der Waals surface area contributed by atoms with Crippen LogP contribution in [0.3, 0.4) is 0 Å². The van der Waals surface area contributed by atoms with E-state index in [4.69, 9.17) is 5.11 Å². The van der Waals surface area contributed by atoms with Crippen LogP contribution in [0.5, 0.6) is 0 Å². The normalized spacial score (nSPS) is 10.4. The Labute approximate surface area is 103 Å². The number of hydrogen-bond donors (Lipinski definition) is 1. The molecule has 0 aromatic carbocycles. The third-order valence-electron chi connectivity index (χ3n) is 1.32. The number of carbonyl (C=O) groups excluding carboxylic acids is 1. The van der Waals surface area contributed by atoms with Gasteiger partial charge in [0.25, 0.3) is 6.20 Å². The molecule has 0 fully saturated rings. The number of carboxylic acid groups (broad SMARTS) is 1. The number of hydrogen-bond acceptors (Lipinski definition) is 5. The van der Waals surface area contributed by atoms with Crippen LogP contribution in [-0.2, 0) is 4.79 Å². The van der Waals surface area contributed by atoms with E-state index in [9.17, 15) is 20.0 Å². The fourth-order valence-corrected chi connectivity index (χ4v) is 0.762. The maximum atomic E-state index is 9.93. The molecule has 0 amide bonds. The van der Waals surface area contributed by atoms with Gasteiger partial charge in [0.1, 0.15) is 0 Å². The number of unbranched alkanes of at least 4 members (excludes halogenated alkanes) is 1. The number of aliphatic hydroxyl groups excluding tert-OH is 1. The van der Waals surface area contributed by atoms with E-state index in [1.807, 2.05) is 0 Å². The van der Waals surface area contributed by atoms with Gasteiger partial charge in [-0.2, -0.15) is 0 Å². The Morgan fingerprint density at radius 2 is 1.86 bits per heavy atom. The van der Waals surface area contributed by atoms with Crippen LogP contribution in [0.1, 0.15) is 25.7 Å². The molecule has 7 heteroatoms. The molecule has 0 radical (unpaired) electrons. The summed E-state index contributed by atoms with van der Waals surface area (Å²) in [6.45, 7) is 0. The molecule has 0 atom stereocenters. The summed E-state index contributed by atoms with van der Waals surface area (Å²) in [6, 6.07) is 0. The van der Waals surface area contributed by atoms with Crippen LogP contribution < -0.4 is 34.7 Å². The maximum Gasteiger partial charge on any atom is 1.00 e. The van der Waals surface area contributed by atoms with E-state index >= 15 is 0 Å². The molecule has 0 saturated carbocycles. The standard InChI is InChI=1S/C7H11NO5.Na/c9-6(5-8(12)13)3-1-2-4-7(10)11;/h5,9H,1-4H2,(H,10,11);/q;+1/p-1. The zero-order chi connectivity index (χ0) is 10.3. The van der Waals surface area contributed by atoms with Gasteiger partial charge in [-0.15, -0.1) is 0 Å². The van der Waals surface area contributed by atoms with Crippen molar-refractivity contribution in [2.24, 2.45) is 0 Å². The summed E-state index contributed by atoms with van der Waals surface area (Å²) in [4.78, 5) is 19.0. The van der Waals surface area contributed by atoms with Crippen molar-refractivity contribution in [2.45, 2.75) is 25.7 Å². The molecule has 74 valence electrons. The van der Waals surface area contributed by atoms with Gasteiger partial charge < -0.3 is 15.0 Å². The zero-order valence-corrected chi connectivity index (χ0v) is 9.93. The molecule has 6 nitrogen and oxygen atoms in total. The van der Waals surface area contributed by atoms with Crippen LogP contribution in [0, 0.1) is 10.1 Å². The van der Waals surface area contributed by atoms with Gasteiger partial charge in [-0.25, -0.2) is 0 Å². The molecule has 0 aliphatic carbocycles. The number of carbonyl (C=O) groups is 1. The Kier molecular flexibility index (Phi) is 10.2. The van der Waals surface area contributed by atoms with Crippen LogP contribution in [0.15, 0.2) is 12.0 Å². The first-order chi connectivity index (χ1) is 6.02. The van der Waals surface area contributed by atoms with Gasteiger partial charge in [0.15, 0.2) is 5.76 Å². The number of allylic oxidation sites excluding steroid dienone is 1. The fourth-order valence-electron chi connectivity index (χ4n) is 0.762. The summed E-state index contributed by atoms with van der Waals surface area (Å²) < 4.78 is 0. The summed E-state index contributed by atoms with van der Waals surface area (Å²) in [5, 5.41) is 28.6. The smallest absolute Gasteiger partial charge is 0.550 e. The summed E-state index contributed by atoms with van der Waals surface area (Å²) in [6.07, 6.45) is 1.27. The SMILES string of the molecule is O=C([O-])CCCCC(O)=C[N+](=O)[O-].[Na+]. The maximum absolute atomic E-state index is 9.93. The Hall–Kier alpha value is -0.590. The number of aliphatic hydroxyl groups is 1. The van der Waals surface area contributed by atoms with E-state index in [1.165, 1.54) is 0 Å². The minimum atomic E-state index is -1.15. The van der Waals surface area contributed by atoms with E-state index in [0.717, 1.165) is 0 Å². The second-order valence-electron chi connectivity index (χ2n) is 2.48. The minimum absolute atomic E-state index is 0. The van der Waals surface area contributed by atoms with E-state index < -0.39 is 10.9 Å². The fraction of sp³-hybridized carbons (Fsp3) is 0.571. The van der Waals surface area contributed by atoms with Crippen LogP contribution in [0.25, 0.3) is 0 Å². The van der Waals surface area contributed by atoms with Crippen molar-refractivity contribution in [3.63, 3.8) is 0 Å². The van der Waals surface area contributed by atoms with Crippen LogP contribution in [-0.4, -0.2) is 16.0 Å². The van der Waals surface area contributed by atoms with E-state index in [2.05, 4.69) is 0 Å². The van der Waals surface area contributed by atoms with Gasteiger partial charge in [0.05, 0.1) is 4.92 Å². The molecular weight excluding hydrogens is 201 g/mol. The van der Waals surface area contributed by atoms with Gasteiger partial charge >= 0.3 is 29.6 Å². The quantitative estimate of drug-likeness (QED) is 0.165. The minimum Gasteiger partial charge on any atom is -0.550 e. The molecular formula is C7H10NNaO5. The van der Waals surface area contributed by atoms with Crippen LogP contribution >= 0.6 is 0 Å². The van der Waals surface area contributed by atoms with Gasteiger partial charge in [0.2, 0.25) is 0 Å². The van der Waals surface area contributed by atoms with Crippen molar-refractivity contribution < 1.29 is 49.5 Å². The molecule has 0 heterocycles. The topological polar surface area (TPSA) is 104 Å². The molecule has 0 bridgehead atoms. The van der Waals surface area contributed by atoms with Gasteiger partial charge in [-0.05, 0) is 19.3 Å². The summed E-state index contributed by atoms with van der Waals surface area (Å²) in [7, 11) is 0. The molecule has 0 spiro atoms. The molecule has 14 heavy (non-hydrogen) atoms. The summed E-state index contributed by atoms with van der Waals surface area (Å²) >= 11 is 0. The molecule has 0 aliphatic rings. The predicted octanol–water partition coefficient (Wildman–Crippen LogP) is -3.02. The molecule has 0 aromatic rings. The largest absolute Gasteiger partial charge is 1.00 e. The number of carboxylic acids is 1. The van der Waals surface area contributed by atoms with Crippen molar-refractivity contribution in [2.75, 3.05) is 0 Å². The average Bonchev–Trinajstić information content (AvgIpc) is 1.96. The van der Waals surface area contributed by atoms with E-state index in [-0.39, 0.29) is 48.2 Å². The number of nitro groups is 1. The number of rotatable bonds is 6. The Balaban J connectivity index is 0. The second-order valence-corrected chi connectivity index (χ2v) is 2.48. The van der Waals surface area contributed by atoms with Crippen molar-refractivity contribution >= 4 is 5.97 Å².